The topological polar surface area (TPSA) is 152 Å². The second kappa shape index (κ2) is 8.50. The van der Waals surface area contributed by atoms with Gasteiger partial charge in [-0.3, -0.25) is 29.0 Å². The fourth-order valence-corrected chi connectivity index (χ4v) is 4.33. The molecule has 0 saturated heterocycles. The molecule has 0 radical (unpaired) electrons. The van der Waals surface area contributed by atoms with E-state index in [1.807, 2.05) is 12.1 Å². The predicted molar refractivity (Wildman–Crippen MR) is 125 cm³/mol. The van der Waals surface area contributed by atoms with Crippen LogP contribution in [-0.4, -0.2) is 41.7 Å². The minimum absolute atomic E-state index is 0.159. The second-order valence-corrected chi connectivity index (χ2v) is 9.13. The van der Waals surface area contributed by atoms with Crippen LogP contribution in [0, 0.1) is 0 Å². The van der Waals surface area contributed by atoms with Gasteiger partial charge in [0.2, 0.25) is 0 Å². The normalized spacial score (nSPS) is 12.6. The first kappa shape index (κ1) is 22.0. The van der Waals surface area contributed by atoms with Gasteiger partial charge in [0.25, 0.3) is 10.1 Å². The van der Waals surface area contributed by atoms with Gasteiger partial charge < -0.3 is 4.18 Å². The van der Waals surface area contributed by atoms with Crippen molar-refractivity contribution in [1.82, 2.24) is 19.9 Å². The van der Waals surface area contributed by atoms with Crippen molar-refractivity contribution in [3.8, 4) is 28.3 Å². The molecule has 170 valence electrons. The summed E-state index contributed by atoms with van der Waals surface area (Å²) >= 11 is -2.44. The van der Waals surface area contributed by atoms with Crippen LogP contribution in [0.15, 0.2) is 78.2 Å². The zero-order valence-corrected chi connectivity index (χ0v) is 18.7. The Morgan fingerprint density at radius 1 is 0.735 bits per heavy atom. The molecule has 0 spiro atoms. The lowest BCUT2D eigenvalue weighted by atomic mass is 10.00. The highest BCUT2D eigenvalue weighted by Gasteiger charge is 2.15. The maximum absolute atomic E-state index is 11.3. The van der Waals surface area contributed by atoms with Crippen LogP contribution < -0.4 is 4.18 Å². The summed E-state index contributed by atoms with van der Waals surface area (Å²) in [4.78, 5) is 17.2. The van der Waals surface area contributed by atoms with Gasteiger partial charge >= 0.3 is 11.4 Å². The molecule has 12 heteroatoms. The highest BCUT2D eigenvalue weighted by Crippen LogP contribution is 2.34. The maximum Gasteiger partial charge on any atom is 0.357 e. The smallest absolute Gasteiger partial charge is 0.357 e. The van der Waals surface area contributed by atoms with E-state index in [4.69, 9.17) is 8.74 Å². The van der Waals surface area contributed by atoms with E-state index in [9.17, 15) is 17.2 Å². The third-order valence-corrected chi connectivity index (χ3v) is 6.28. The molecule has 1 unspecified atom stereocenters. The number of hydrogen-bond acceptors (Lipinski definition) is 8. The van der Waals surface area contributed by atoms with Crippen LogP contribution in [0.4, 0.5) is 0 Å². The van der Waals surface area contributed by atoms with Crippen molar-refractivity contribution >= 4 is 43.3 Å². The van der Waals surface area contributed by atoms with E-state index in [0.717, 1.165) is 28.1 Å². The summed E-state index contributed by atoms with van der Waals surface area (Å²) in [6.45, 7) is 0. The van der Waals surface area contributed by atoms with Gasteiger partial charge in [0.1, 0.15) is 4.90 Å². The molecule has 0 amide bonds. The van der Waals surface area contributed by atoms with Crippen LogP contribution in [0.25, 0.3) is 44.3 Å². The van der Waals surface area contributed by atoms with Gasteiger partial charge in [0, 0.05) is 40.5 Å². The average Bonchev–Trinajstić information content (AvgIpc) is 2.83. The quantitative estimate of drug-likeness (QED) is 0.210. The van der Waals surface area contributed by atoms with Crippen molar-refractivity contribution in [3.05, 3.63) is 73.3 Å². The van der Waals surface area contributed by atoms with Gasteiger partial charge in [0.05, 0.1) is 28.6 Å². The molecule has 0 bridgehead atoms. The van der Waals surface area contributed by atoms with Crippen molar-refractivity contribution < 1.29 is 25.9 Å². The Bertz CT molecular complexity index is 1670. The Balaban J connectivity index is 1.63. The number of nitrogens with zero attached hydrogens (tertiary/aromatic N) is 4. The Hall–Kier alpha value is -3.84. The molecule has 2 N–H and O–H groups in total. The van der Waals surface area contributed by atoms with E-state index in [1.54, 1.807) is 36.7 Å². The summed E-state index contributed by atoms with van der Waals surface area (Å²) in [7, 11) is -4.34. The first-order chi connectivity index (χ1) is 16.3. The van der Waals surface area contributed by atoms with Crippen LogP contribution in [0.1, 0.15) is 0 Å². The number of rotatable bonds is 5. The third kappa shape index (κ3) is 4.10. The van der Waals surface area contributed by atoms with Gasteiger partial charge in [-0.1, -0.05) is 12.1 Å². The van der Waals surface area contributed by atoms with Gasteiger partial charge in [-0.05, 0) is 36.4 Å². The molecule has 0 aliphatic heterocycles. The number of pyridine rings is 4. The van der Waals surface area contributed by atoms with Gasteiger partial charge in [0.15, 0.2) is 5.75 Å². The molecule has 1 aromatic carbocycles. The van der Waals surface area contributed by atoms with E-state index in [2.05, 4.69) is 19.9 Å². The van der Waals surface area contributed by atoms with E-state index < -0.39 is 21.5 Å². The molecule has 5 aromatic rings. The predicted octanol–water partition coefficient (Wildman–Crippen LogP) is 3.67. The first-order valence-corrected chi connectivity index (χ1v) is 12.1. The summed E-state index contributed by atoms with van der Waals surface area (Å²) in [6.07, 6.45) is 5.71. The minimum atomic E-state index is -4.34. The number of benzene rings is 1. The second-order valence-electron chi connectivity index (χ2n) is 7.11. The average molecular weight is 495 g/mol. The molecule has 1 atom stereocenters. The molecule has 0 fully saturated rings. The Kier molecular flexibility index (Phi) is 5.49. The Morgan fingerprint density at radius 2 is 1.29 bits per heavy atom. The fraction of sp³-hybridized carbons (Fsp3) is 0. The Morgan fingerprint density at radius 3 is 1.74 bits per heavy atom. The highest BCUT2D eigenvalue weighted by molar-refractivity contribution is 7.85. The largest absolute Gasteiger partial charge is 0.378 e. The third-order valence-electron chi connectivity index (χ3n) is 5.11. The first-order valence-electron chi connectivity index (χ1n) is 9.67. The highest BCUT2D eigenvalue weighted by atomic mass is 32.2. The molecule has 10 nitrogen and oxygen atoms in total. The molecule has 4 aromatic heterocycles. The van der Waals surface area contributed by atoms with Crippen LogP contribution in [0.2, 0.25) is 0 Å². The molecule has 5 rings (SSSR count). The Labute approximate surface area is 195 Å². The van der Waals surface area contributed by atoms with E-state index >= 15 is 0 Å². The zero-order chi connectivity index (χ0) is 23.9. The monoisotopic (exact) mass is 494 g/mol. The molecule has 0 aliphatic rings. The van der Waals surface area contributed by atoms with E-state index in [0.29, 0.717) is 22.4 Å². The lowest BCUT2D eigenvalue weighted by Gasteiger charge is -2.11. The number of fused-ring (bicyclic) bond motifs is 3. The summed E-state index contributed by atoms with van der Waals surface area (Å²) in [5.41, 5.74) is 3.87. The van der Waals surface area contributed by atoms with Crippen LogP contribution in [0.5, 0.6) is 5.75 Å². The summed E-state index contributed by atoms with van der Waals surface area (Å²) < 4.78 is 56.2. The van der Waals surface area contributed by atoms with Crippen LogP contribution >= 0.6 is 0 Å². The molecule has 4 heterocycles. The summed E-state index contributed by atoms with van der Waals surface area (Å²) in [6, 6.07) is 13.3. The van der Waals surface area contributed by atoms with Crippen molar-refractivity contribution in [1.29, 1.82) is 0 Å². The lowest BCUT2D eigenvalue weighted by Crippen LogP contribution is -1.99. The summed E-state index contributed by atoms with van der Waals surface area (Å²) in [5.74, 6) is 0.159. The number of aromatic nitrogens is 4. The molecular weight excluding hydrogens is 480 g/mol. The van der Waals surface area contributed by atoms with Crippen molar-refractivity contribution in [3.63, 3.8) is 0 Å². The van der Waals surface area contributed by atoms with E-state index in [-0.39, 0.29) is 10.6 Å². The van der Waals surface area contributed by atoms with Gasteiger partial charge in [-0.25, -0.2) is 0 Å². The van der Waals surface area contributed by atoms with Crippen LogP contribution in [0.3, 0.4) is 0 Å². The van der Waals surface area contributed by atoms with Gasteiger partial charge in [-0.2, -0.15) is 12.6 Å². The molecule has 0 aliphatic carbocycles. The maximum atomic E-state index is 11.3. The van der Waals surface area contributed by atoms with Crippen molar-refractivity contribution in [2.24, 2.45) is 0 Å². The van der Waals surface area contributed by atoms with Crippen molar-refractivity contribution in [2.75, 3.05) is 0 Å². The van der Waals surface area contributed by atoms with Crippen molar-refractivity contribution in [2.45, 2.75) is 4.90 Å². The van der Waals surface area contributed by atoms with Crippen LogP contribution in [-0.2, 0) is 21.5 Å². The van der Waals surface area contributed by atoms with E-state index in [1.165, 1.54) is 18.3 Å². The molecular formula is C22H14N4O6S2. The van der Waals surface area contributed by atoms with Gasteiger partial charge in [-0.15, -0.1) is 0 Å². The standard InChI is InChI=1S/C22H14N4O6S2/c27-33(28)32-13-1-5-19(25-11-13)15-7-9-23-21-17(15)3-4-18-16(8-10-24-22(18)21)20-6-2-14(12-26-20)34(29,30)31/h1-12H,(H,27,28)(H,29,30,31). The fourth-order valence-electron chi connectivity index (χ4n) is 3.64. The molecule has 0 saturated carbocycles. The minimum Gasteiger partial charge on any atom is -0.378 e. The lowest BCUT2D eigenvalue weighted by molar-refractivity contribution is 0.457. The zero-order valence-electron chi connectivity index (χ0n) is 17.1. The SMILES string of the molecule is O=S(O)Oc1ccc(-c2ccnc3c2ccc2c(-c4ccc(S(=O)(=O)O)cn4)ccnc23)nc1. The molecule has 34 heavy (non-hydrogen) atoms. The summed E-state index contributed by atoms with van der Waals surface area (Å²) in [5, 5.41) is 1.55. The number of hydrogen-bond donors (Lipinski definition) is 2.